The van der Waals surface area contributed by atoms with Gasteiger partial charge in [0.2, 0.25) is 5.91 Å². The fourth-order valence-electron chi connectivity index (χ4n) is 2.18. The zero-order valence-electron chi connectivity index (χ0n) is 11.0. The van der Waals surface area contributed by atoms with Gasteiger partial charge in [-0.1, -0.05) is 19.3 Å². The summed E-state index contributed by atoms with van der Waals surface area (Å²) >= 11 is 0. The zero-order valence-corrected chi connectivity index (χ0v) is 12.6. The van der Waals surface area contributed by atoms with Crippen LogP contribution in [0.25, 0.3) is 0 Å². The fourth-order valence-corrected chi connectivity index (χ4v) is 2.79. The first-order chi connectivity index (χ1) is 7.75. The van der Waals surface area contributed by atoms with Gasteiger partial charge in [0, 0.05) is 19.8 Å². The number of likely N-dealkylation sites (N-methyl/N-ethyl adjacent to an activating group) is 1. The molecule has 108 valence electrons. The molecule has 0 aromatic carbocycles. The molecule has 0 atom stereocenters. The maximum atomic E-state index is 12.1. The first-order valence-corrected chi connectivity index (χ1v) is 8.03. The third-order valence-electron chi connectivity index (χ3n) is 3.32. The van der Waals surface area contributed by atoms with Crippen molar-refractivity contribution in [2.75, 3.05) is 25.6 Å². The van der Waals surface area contributed by atoms with E-state index in [1.165, 1.54) is 11.2 Å². The van der Waals surface area contributed by atoms with E-state index >= 15 is 0 Å². The lowest BCUT2D eigenvalue weighted by molar-refractivity contribution is -0.136. The van der Waals surface area contributed by atoms with E-state index in [4.69, 9.17) is 5.73 Å². The molecule has 0 saturated heterocycles. The molecule has 1 aliphatic carbocycles. The van der Waals surface area contributed by atoms with Crippen molar-refractivity contribution < 1.29 is 13.2 Å². The molecule has 1 aliphatic rings. The van der Waals surface area contributed by atoms with Crippen LogP contribution in [-0.4, -0.2) is 50.4 Å². The van der Waals surface area contributed by atoms with E-state index in [0.717, 1.165) is 19.3 Å². The highest BCUT2D eigenvalue weighted by molar-refractivity contribution is 7.90. The molecule has 1 amide bonds. The summed E-state index contributed by atoms with van der Waals surface area (Å²) in [5.74, 6) is -0.133. The van der Waals surface area contributed by atoms with Gasteiger partial charge in [0.1, 0.15) is 9.84 Å². The Morgan fingerprint density at radius 2 is 1.78 bits per heavy atom. The average Bonchev–Trinajstić information content (AvgIpc) is 2.25. The van der Waals surface area contributed by atoms with Crippen LogP contribution in [0.1, 0.15) is 32.1 Å². The standard InChI is InChI=1S/C11H22N2O3S.ClH/c1-13(8-9-17(2,15)16)10(14)11(12)6-4-3-5-7-11;/h3-9,12H2,1-2H3;1H. The topological polar surface area (TPSA) is 80.5 Å². The highest BCUT2D eigenvalue weighted by Gasteiger charge is 2.37. The van der Waals surface area contributed by atoms with Crippen molar-refractivity contribution >= 4 is 28.2 Å². The number of carbonyl (C=O) groups is 1. The van der Waals surface area contributed by atoms with E-state index < -0.39 is 15.4 Å². The second-order valence-corrected chi connectivity index (χ2v) is 7.33. The predicted octanol–water partition coefficient (Wildman–Crippen LogP) is 0.573. The molecule has 0 aromatic rings. The Hall–Kier alpha value is -0.330. The lowest BCUT2D eigenvalue weighted by Gasteiger charge is -2.35. The summed E-state index contributed by atoms with van der Waals surface area (Å²) in [6.07, 6.45) is 5.65. The summed E-state index contributed by atoms with van der Waals surface area (Å²) in [4.78, 5) is 13.6. The molecular formula is C11H23ClN2O3S. The van der Waals surface area contributed by atoms with E-state index in [9.17, 15) is 13.2 Å². The van der Waals surface area contributed by atoms with E-state index in [1.54, 1.807) is 7.05 Å². The Labute approximate surface area is 115 Å². The number of sulfone groups is 1. The van der Waals surface area contributed by atoms with Crippen molar-refractivity contribution in [2.24, 2.45) is 5.73 Å². The second kappa shape index (κ2) is 6.73. The van der Waals surface area contributed by atoms with E-state index in [-0.39, 0.29) is 30.6 Å². The minimum Gasteiger partial charge on any atom is -0.343 e. The SMILES string of the molecule is CN(CCS(C)(=O)=O)C(=O)C1(N)CCCCC1.Cl. The first kappa shape index (κ1) is 17.7. The lowest BCUT2D eigenvalue weighted by atomic mass is 9.81. The highest BCUT2D eigenvalue weighted by Crippen LogP contribution is 2.27. The molecule has 0 bridgehead atoms. The number of carbonyl (C=O) groups excluding carboxylic acids is 1. The molecule has 1 saturated carbocycles. The summed E-state index contributed by atoms with van der Waals surface area (Å²) in [5.41, 5.74) is 5.33. The number of halogens is 1. The quantitative estimate of drug-likeness (QED) is 0.823. The van der Waals surface area contributed by atoms with Crippen LogP contribution in [0.3, 0.4) is 0 Å². The molecule has 0 aliphatic heterocycles. The van der Waals surface area contributed by atoms with Crippen molar-refractivity contribution in [1.82, 2.24) is 4.90 Å². The third kappa shape index (κ3) is 5.12. The molecule has 0 aromatic heterocycles. The van der Waals surface area contributed by atoms with Gasteiger partial charge < -0.3 is 10.6 Å². The molecule has 2 N–H and O–H groups in total. The second-order valence-electron chi connectivity index (χ2n) is 5.07. The van der Waals surface area contributed by atoms with E-state index in [2.05, 4.69) is 0 Å². The Kier molecular flexibility index (Phi) is 6.60. The third-order valence-corrected chi connectivity index (χ3v) is 4.24. The van der Waals surface area contributed by atoms with Gasteiger partial charge in [-0.05, 0) is 12.8 Å². The monoisotopic (exact) mass is 298 g/mol. The van der Waals surface area contributed by atoms with Gasteiger partial charge in [-0.3, -0.25) is 4.79 Å². The van der Waals surface area contributed by atoms with Crippen LogP contribution in [0.5, 0.6) is 0 Å². The molecule has 7 heteroatoms. The number of nitrogens with two attached hydrogens (primary N) is 1. The van der Waals surface area contributed by atoms with Gasteiger partial charge in [0.25, 0.3) is 0 Å². The van der Waals surface area contributed by atoms with Gasteiger partial charge in [0.05, 0.1) is 11.3 Å². The maximum Gasteiger partial charge on any atom is 0.242 e. The predicted molar refractivity (Wildman–Crippen MR) is 74.6 cm³/mol. The lowest BCUT2D eigenvalue weighted by Crippen LogP contribution is -2.55. The van der Waals surface area contributed by atoms with Crippen molar-refractivity contribution in [2.45, 2.75) is 37.6 Å². The van der Waals surface area contributed by atoms with Crippen LogP contribution in [0.4, 0.5) is 0 Å². The van der Waals surface area contributed by atoms with Crippen LogP contribution >= 0.6 is 12.4 Å². The Balaban J connectivity index is 0.00000289. The van der Waals surface area contributed by atoms with Crippen molar-refractivity contribution in [3.8, 4) is 0 Å². The Morgan fingerprint density at radius 3 is 2.22 bits per heavy atom. The molecule has 0 radical (unpaired) electrons. The minimum atomic E-state index is -3.04. The molecule has 0 unspecified atom stereocenters. The molecule has 1 rings (SSSR count). The summed E-state index contributed by atoms with van der Waals surface area (Å²) in [6.45, 7) is 0.219. The smallest absolute Gasteiger partial charge is 0.242 e. The summed E-state index contributed by atoms with van der Waals surface area (Å²) in [7, 11) is -1.42. The van der Waals surface area contributed by atoms with Crippen LogP contribution < -0.4 is 5.73 Å². The molecule has 18 heavy (non-hydrogen) atoms. The fraction of sp³-hybridized carbons (Fsp3) is 0.909. The number of nitrogens with zero attached hydrogens (tertiary/aromatic N) is 1. The van der Waals surface area contributed by atoms with Gasteiger partial charge >= 0.3 is 0 Å². The number of hydrogen-bond donors (Lipinski definition) is 1. The minimum absolute atomic E-state index is 0. The molecule has 1 fully saturated rings. The first-order valence-electron chi connectivity index (χ1n) is 5.97. The summed E-state index contributed by atoms with van der Waals surface area (Å²) in [5, 5.41) is 0. The van der Waals surface area contributed by atoms with Crippen molar-refractivity contribution in [1.29, 1.82) is 0 Å². The summed E-state index contributed by atoms with van der Waals surface area (Å²) in [6, 6.07) is 0. The maximum absolute atomic E-state index is 12.1. The average molecular weight is 299 g/mol. The Morgan fingerprint density at radius 1 is 1.28 bits per heavy atom. The molecule has 5 nitrogen and oxygen atoms in total. The zero-order chi connectivity index (χ0) is 13.1. The van der Waals surface area contributed by atoms with E-state index in [0.29, 0.717) is 12.8 Å². The Bertz CT molecular complexity index is 378. The molecule has 0 spiro atoms. The van der Waals surface area contributed by atoms with Gasteiger partial charge in [-0.2, -0.15) is 0 Å². The van der Waals surface area contributed by atoms with Gasteiger partial charge in [-0.25, -0.2) is 8.42 Å². The number of hydrogen-bond acceptors (Lipinski definition) is 4. The number of rotatable bonds is 4. The van der Waals surface area contributed by atoms with Crippen LogP contribution in [0.15, 0.2) is 0 Å². The highest BCUT2D eigenvalue weighted by atomic mass is 35.5. The van der Waals surface area contributed by atoms with Crippen molar-refractivity contribution in [3.05, 3.63) is 0 Å². The summed E-state index contributed by atoms with van der Waals surface area (Å²) < 4.78 is 22.1. The van der Waals surface area contributed by atoms with Crippen LogP contribution in [0, 0.1) is 0 Å². The molecule has 0 heterocycles. The van der Waals surface area contributed by atoms with Crippen molar-refractivity contribution in [3.63, 3.8) is 0 Å². The largest absolute Gasteiger partial charge is 0.343 e. The van der Waals surface area contributed by atoms with Crippen LogP contribution in [-0.2, 0) is 14.6 Å². The molecular weight excluding hydrogens is 276 g/mol. The van der Waals surface area contributed by atoms with E-state index in [1.807, 2.05) is 0 Å². The number of amides is 1. The van der Waals surface area contributed by atoms with Crippen LogP contribution in [0.2, 0.25) is 0 Å². The normalized spacial score (nSPS) is 18.8. The van der Waals surface area contributed by atoms with Gasteiger partial charge in [0.15, 0.2) is 0 Å². The van der Waals surface area contributed by atoms with Gasteiger partial charge in [-0.15, -0.1) is 12.4 Å².